The van der Waals surface area contributed by atoms with Crippen LogP contribution in [0.2, 0.25) is 0 Å². The number of aryl methyl sites for hydroxylation is 1. The van der Waals surface area contributed by atoms with Crippen LogP contribution in [0.15, 0.2) is 23.1 Å². The normalized spacial score (nSPS) is 13.0. The van der Waals surface area contributed by atoms with Crippen LogP contribution in [0.4, 0.5) is 4.39 Å². The van der Waals surface area contributed by atoms with Crippen molar-refractivity contribution < 1.29 is 8.60 Å². The lowest BCUT2D eigenvalue weighted by Crippen LogP contribution is -2.02. The molecule has 2 N–H and O–H groups in total. The summed E-state index contributed by atoms with van der Waals surface area (Å²) >= 11 is 0. The van der Waals surface area contributed by atoms with E-state index in [-0.39, 0.29) is 5.82 Å². The molecule has 2 nitrogen and oxygen atoms in total. The van der Waals surface area contributed by atoms with Crippen molar-refractivity contribution in [2.45, 2.75) is 11.8 Å². The van der Waals surface area contributed by atoms with Crippen LogP contribution in [0.5, 0.6) is 0 Å². The molecule has 0 aliphatic rings. The van der Waals surface area contributed by atoms with Gasteiger partial charge >= 0.3 is 0 Å². The summed E-state index contributed by atoms with van der Waals surface area (Å²) in [7, 11) is -1.51. The Hall–Kier alpha value is -0.740. The van der Waals surface area contributed by atoms with Gasteiger partial charge in [0.05, 0.1) is 4.90 Å². The summed E-state index contributed by atoms with van der Waals surface area (Å²) in [5.41, 5.74) is 0.460. The van der Waals surface area contributed by atoms with Crippen molar-refractivity contribution in [2.75, 3.05) is 0 Å². The molecule has 4 heteroatoms. The van der Waals surface area contributed by atoms with Crippen molar-refractivity contribution in [3.63, 3.8) is 0 Å². The monoisotopic (exact) mass is 173 g/mol. The Labute approximate surface area is 66.8 Å². The Bertz CT molecular complexity index is 300. The maximum Gasteiger partial charge on any atom is 0.126 e. The lowest BCUT2D eigenvalue weighted by atomic mass is 10.2. The minimum Gasteiger partial charge on any atom is -0.248 e. The second-order valence-corrected chi connectivity index (χ2v) is 3.27. The molecule has 11 heavy (non-hydrogen) atoms. The molecule has 1 aromatic rings. The first-order valence-corrected chi connectivity index (χ1v) is 4.25. The highest BCUT2D eigenvalue weighted by molar-refractivity contribution is 7.82. The number of nitrogens with two attached hydrogens (primary N) is 1. The van der Waals surface area contributed by atoms with Crippen molar-refractivity contribution in [3.05, 3.63) is 29.6 Å². The second kappa shape index (κ2) is 3.11. The number of hydrogen-bond donors (Lipinski definition) is 1. The summed E-state index contributed by atoms with van der Waals surface area (Å²) in [5.74, 6) is -0.306. The van der Waals surface area contributed by atoms with Gasteiger partial charge in [0.25, 0.3) is 0 Å². The molecule has 60 valence electrons. The fraction of sp³-hybridized carbons (Fsp3) is 0.143. The smallest absolute Gasteiger partial charge is 0.126 e. The molecule has 1 aromatic carbocycles. The first kappa shape index (κ1) is 8.36. The highest BCUT2D eigenvalue weighted by Crippen LogP contribution is 2.10. The van der Waals surface area contributed by atoms with Crippen LogP contribution in [0.3, 0.4) is 0 Å². The van der Waals surface area contributed by atoms with Crippen LogP contribution in [0.1, 0.15) is 5.56 Å². The molecule has 0 fully saturated rings. The minimum absolute atomic E-state index is 0.306. The molecule has 0 saturated carbocycles. The Morgan fingerprint density at radius 1 is 1.55 bits per heavy atom. The quantitative estimate of drug-likeness (QED) is 0.679. The third-order valence-corrected chi connectivity index (χ3v) is 2.08. The van der Waals surface area contributed by atoms with E-state index in [9.17, 15) is 8.60 Å². The van der Waals surface area contributed by atoms with Gasteiger partial charge in [-0.05, 0) is 30.7 Å². The molecule has 0 amide bonds. The van der Waals surface area contributed by atoms with Gasteiger partial charge in [-0.2, -0.15) is 0 Å². The first-order chi connectivity index (χ1) is 5.11. The van der Waals surface area contributed by atoms with Gasteiger partial charge in [-0.3, -0.25) is 0 Å². The number of rotatable bonds is 1. The van der Waals surface area contributed by atoms with Crippen LogP contribution < -0.4 is 5.14 Å². The molecular weight excluding hydrogens is 165 g/mol. The van der Waals surface area contributed by atoms with Gasteiger partial charge in [0.15, 0.2) is 0 Å². The molecule has 0 bridgehead atoms. The van der Waals surface area contributed by atoms with Crippen LogP contribution in [-0.4, -0.2) is 4.21 Å². The Kier molecular flexibility index (Phi) is 2.36. The van der Waals surface area contributed by atoms with Gasteiger partial charge in [-0.1, -0.05) is 0 Å². The van der Waals surface area contributed by atoms with E-state index in [4.69, 9.17) is 5.14 Å². The zero-order valence-electron chi connectivity index (χ0n) is 6.00. The van der Waals surface area contributed by atoms with Gasteiger partial charge in [0.1, 0.15) is 16.8 Å². The van der Waals surface area contributed by atoms with Gasteiger partial charge in [0, 0.05) is 0 Å². The van der Waals surface area contributed by atoms with E-state index in [1.807, 2.05) is 0 Å². The van der Waals surface area contributed by atoms with Gasteiger partial charge in [0.2, 0.25) is 0 Å². The minimum atomic E-state index is -1.51. The number of halogens is 1. The Morgan fingerprint density at radius 2 is 2.18 bits per heavy atom. The Morgan fingerprint density at radius 3 is 2.64 bits per heavy atom. The molecule has 1 unspecified atom stereocenters. The number of benzene rings is 1. The molecule has 0 heterocycles. The molecule has 1 atom stereocenters. The lowest BCUT2D eigenvalue weighted by Gasteiger charge is -1.98. The molecule has 0 saturated heterocycles. The molecule has 0 aliphatic heterocycles. The van der Waals surface area contributed by atoms with Crippen LogP contribution in [0, 0.1) is 12.7 Å². The van der Waals surface area contributed by atoms with Crippen molar-refractivity contribution in [1.29, 1.82) is 0 Å². The van der Waals surface area contributed by atoms with Gasteiger partial charge in [-0.25, -0.2) is 13.7 Å². The van der Waals surface area contributed by atoms with E-state index in [2.05, 4.69) is 0 Å². The number of hydrogen-bond acceptors (Lipinski definition) is 1. The van der Waals surface area contributed by atoms with Crippen LogP contribution in [0.25, 0.3) is 0 Å². The van der Waals surface area contributed by atoms with Crippen molar-refractivity contribution >= 4 is 11.0 Å². The fourth-order valence-corrected chi connectivity index (χ4v) is 1.24. The summed E-state index contributed by atoms with van der Waals surface area (Å²) in [6.07, 6.45) is 0. The van der Waals surface area contributed by atoms with E-state index in [0.29, 0.717) is 10.5 Å². The van der Waals surface area contributed by atoms with E-state index >= 15 is 0 Å². The predicted molar refractivity (Wildman–Crippen MR) is 41.7 cm³/mol. The van der Waals surface area contributed by atoms with E-state index in [1.54, 1.807) is 6.92 Å². The topological polar surface area (TPSA) is 43.1 Å². The standard InChI is InChI=1S/C7H8FNOS/c1-5-4-6(11(9)10)2-3-7(5)8/h2-4H,9H2,1H3. The van der Waals surface area contributed by atoms with E-state index < -0.39 is 11.0 Å². The van der Waals surface area contributed by atoms with Crippen LogP contribution in [-0.2, 0) is 11.0 Å². The maximum atomic E-state index is 12.6. The first-order valence-electron chi connectivity index (χ1n) is 3.03. The van der Waals surface area contributed by atoms with Crippen molar-refractivity contribution in [2.24, 2.45) is 5.14 Å². The second-order valence-electron chi connectivity index (χ2n) is 2.21. The summed E-state index contributed by atoms with van der Waals surface area (Å²) in [6.45, 7) is 1.60. The van der Waals surface area contributed by atoms with Crippen molar-refractivity contribution in [1.82, 2.24) is 0 Å². The molecule has 1 rings (SSSR count). The molecule has 0 spiro atoms. The van der Waals surface area contributed by atoms with E-state index in [1.165, 1.54) is 18.2 Å². The van der Waals surface area contributed by atoms with Gasteiger partial charge in [-0.15, -0.1) is 0 Å². The average Bonchev–Trinajstić information content (AvgIpc) is 1.94. The summed E-state index contributed by atoms with van der Waals surface area (Å²) < 4.78 is 23.3. The SMILES string of the molecule is Cc1cc(S(N)=O)ccc1F. The summed E-state index contributed by atoms with van der Waals surface area (Å²) in [6, 6.07) is 4.15. The third-order valence-electron chi connectivity index (χ3n) is 1.36. The van der Waals surface area contributed by atoms with E-state index in [0.717, 1.165) is 0 Å². The molecule has 0 aliphatic carbocycles. The zero-order chi connectivity index (χ0) is 8.43. The fourth-order valence-electron chi connectivity index (χ4n) is 0.742. The summed E-state index contributed by atoms with van der Waals surface area (Å²) in [5, 5.41) is 5.08. The molecule has 0 aromatic heterocycles. The Balaban J connectivity index is 3.15. The average molecular weight is 173 g/mol. The zero-order valence-corrected chi connectivity index (χ0v) is 6.82. The summed E-state index contributed by atoms with van der Waals surface area (Å²) in [4.78, 5) is 0.448. The molecule has 0 radical (unpaired) electrons. The van der Waals surface area contributed by atoms with Crippen molar-refractivity contribution in [3.8, 4) is 0 Å². The molecular formula is C7H8FNOS. The van der Waals surface area contributed by atoms with Crippen LogP contribution >= 0.6 is 0 Å². The largest absolute Gasteiger partial charge is 0.248 e. The highest BCUT2D eigenvalue weighted by Gasteiger charge is 2.01. The highest BCUT2D eigenvalue weighted by atomic mass is 32.2. The predicted octanol–water partition coefficient (Wildman–Crippen LogP) is 1.12. The van der Waals surface area contributed by atoms with Gasteiger partial charge < -0.3 is 0 Å². The lowest BCUT2D eigenvalue weighted by molar-refractivity contribution is 0.616. The third kappa shape index (κ3) is 1.85. The maximum absolute atomic E-state index is 12.6.